The number of rotatable bonds is 9. The second kappa shape index (κ2) is 11.9. The fourth-order valence-corrected chi connectivity index (χ4v) is 15.0. The molecule has 11 heteroatoms. The normalized spacial score (nSPS) is 49.3. The molecule has 0 aromatic carbocycles. The standard InChI is InChI=1S/C39H62N2O8S/c1-24-19-26(21-41(15-17-42)50(6,45)46)48-33-32(24)36(4)13-14-39-23-38(39)12-11-29(35(2,3)27(38)9-10-28(39)37(36,5)34(33)44)49-31-22-40(16-18-47-31)30(43)20-25-7-8-25/h17,24-29,31-34,44H,7-16,18-23H2,1-6H3/t24-,26?,27+,28?,29?,31+,32+,33?,34+,36?,37-,38?,39?/m1/s1. The number of carbonyl (C=O) groups is 2. The van der Waals surface area contributed by atoms with E-state index < -0.39 is 16.1 Å². The Balaban J connectivity index is 0.992. The zero-order valence-corrected chi connectivity index (χ0v) is 32.1. The molecular formula is C39H62N2O8S. The van der Waals surface area contributed by atoms with Gasteiger partial charge in [-0.05, 0) is 115 Å². The van der Waals surface area contributed by atoms with E-state index in [0.717, 1.165) is 44.8 Å². The van der Waals surface area contributed by atoms with Crippen molar-refractivity contribution in [3.8, 4) is 0 Å². The molecule has 0 aromatic rings. The maximum Gasteiger partial charge on any atom is 0.223 e. The summed E-state index contributed by atoms with van der Waals surface area (Å²) in [5, 5.41) is 12.5. The van der Waals surface area contributed by atoms with Gasteiger partial charge in [-0.15, -0.1) is 0 Å². The second-order valence-electron chi connectivity index (χ2n) is 19.3. The molecule has 0 bridgehead atoms. The summed E-state index contributed by atoms with van der Waals surface area (Å²) < 4.78 is 45.8. The third-order valence-electron chi connectivity index (χ3n) is 16.8. The summed E-state index contributed by atoms with van der Waals surface area (Å²) in [5.74, 6) is 2.24. The predicted molar refractivity (Wildman–Crippen MR) is 187 cm³/mol. The molecule has 50 heavy (non-hydrogen) atoms. The molecule has 282 valence electrons. The molecule has 7 unspecified atom stereocenters. The van der Waals surface area contributed by atoms with Crippen molar-refractivity contribution in [1.29, 1.82) is 0 Å². The van der Waals surface area contributed by atoms with Gasteiger partial charge in [-0.1, -0.05) is 34.6 Å². The maximum atomic E-state index is 12.9. The van der Waals surface area contributed by atoms with Gasteiger partial charge in [-0.2, -0.15) is 4.31 Å². The number of carbonyl (C=O) groups excluding carboxylic acids is 2. The summed E-state index contributed by atoms with van der Waals surface area (Å²) in [6.07, 6.45) is 11.8. The van der Waals surface area contributed by atoms with Crippen LogP contribution < -0.4 is 0 Å². The Kier molecular flexibility index (Phi) is 8.58. The number of hydrogen-bond acceptors (Lipinski definition) is 8. The number of fused-ring (bicyclic) bond motifs is 4. The van der Waals surface area contributed by atoms with E-state index in [4.69, 9.17) is 14.2 Å². The van der Waals surface area contributed by atoms with E-state index in [0.29, 0.717) is 50.2 Å². The minimum absolute atomic E-state index is 0.0296. The molecule has 0 aromatic heterocycles. The molecule has 0 radical (unpaired) electrons. The smallest absolute Gasteiger partial charge is 0.223 e. The van der Waals surface area contributed by atoms with Gasteiger partial charge in [0.15, 0.2) is 6.29 Å². The van der Waals surface area contributed by atoms with Crippen LogP contribution in [0.2, 0.25) is 0 Å². The van der Waals surface area contributed by atoms with Crippen molar-refractivity contribution in [2.45, 2.75) is 136 Å². The Morgan fingerprint density at radius 2 is 1.76 bits per heavy atom. The van der Waals surface area contributed by atoms with Gasteiger partial charge < -0.3 is 29.0 Å². The maximum absolute atomic E-state index is 12.9. The quantitative estimate of drug-likeness (QED) is 0.343. The van der Waals surface area contributed by atoms with Crippen LogP contribution in [0.1, 0.15) is 105 Å². The van der Waals surface area contributed by atoms with Gasteiger partial charge in [-0.3, -0.25) is 4.79 Å². The highest BCUT2D eigenvalue weighted by atomic mass is 32.2. The average molecular weight is 719 g/mol. The van der Waals surface area contributed by atoms with E-state index in [9.17, 15) is 23.1 Å². The summed E-state index contributed by atoms with van der Waals surface area (Å²) in [7, 11) is -3.56. The Morgan fingerprint density at radius 3 is 2.46 bits per heavy atom. The van der Waals surface area contributed by atoms with Crippen LogP contribution in [0.3, 0.4) is 0 Å². The Morgan fingerprint density at radius 1 is 1.04 bits per heavy atom. The molecule has 13 atom stereocenters. The van der Waals surface area contributed by atoms with Gasteiger partial charge in [-0.25, -0.2) is 8.42 Å². The molecule has 6 aliphatic carbocycles. The van der Waals surface area contributed by atoms with Gasteiger partial charge in [0.1, 0.15) is 6.29 Å². The van der Waals surface area contributed by atoms with Crippen molar-refractivity contribution in [3.63, 3.8) is 0 Å². The zero-order chi connectivity index (χ0) is 35.6. The Labute approximate surface area is 299 Å². The molecular weight excluding hydrogens is 657 g/mol. The van der Waals surface area contributed by atoms with Gasteiger partial charge in [0.2, 0.25) is 15.9 Å². The summed E-state index contributed by atoms with van der Waals surface area (Å²) in [6, 6.07) is 0. The molecule has 2 aliphatic heterocycles. The largest absolute Gasteiger partial charge is 0.390 e. The molecule has 10 nitrogen and oxygen atoms in total. The lowest BCUT2D eigenvalue weighted by molar-refractivity contribution is -0.248. The zero-order valence-electron chi connectivity index (χ0n) is 31.3. The molecule has 8 rings (SSSR count). The predicted octanol–water partition coefficient (Wildman–Crippen LogP) is 4.63. The van der Waals surface area contributed by atoms with Gasteiger partial charge in [0.05, 0.1) is 50.4 Å². The van der Waals surface area contributed by atoms with Crippen LogP contribution in [0.5, 0.6) is 0 Å². The number of aliphatic hydroxyl groups is 1. The summed E-state index contributed by atoms with van der Waals surface area (Å²) >= 11 is 0. The van der Waals surface area contributed by atoms with Crippen LogP contribution in [0.4, 0.5) is 0 Å². The van der Waals surface area contributed by atoms with Gasteiger partial charge in [0.25, 0.3) is 0 Å². The fourth-order valence-electron chi connectivity index (χ4n) is 14.2. The van der Waals surface area contributed by atoms with Crippen molar-refractivity contribution < 1.29 is 37.3 Å². The van der Waals surface area contributed by atoms with E-state index in [2.05, 4.69) is 34.6 Å². The number of amides is 1. The molecule has 1 N–H and O–H groups in total. The molecule has 8 aliphatic rings. The van der Waals surface area contributed by atoms with E-state index >= 15 is 0 Å². The SMILES string of the molecule is C[C@@H]1CC(CN(CC=O)S(C)(=O)=O)OC2[C@H]1C1(C)CCC34CC35CCC(O[C@H]3CN(C(=O)CC6CC6)CCO3)C(C)(C)[C@@H]5CCC4[C@]1(C)[C@H]2O. The lowest BCUT2D eigenvalue weighted by Gasteiger charge is -2.64. The second-order valence-corrected chi connectivity index (χ2v) is 21.3. The monoisotopic (exact) mass is 718 g/mol. The number of nitrogens with zero attached hydrogens (tertiary/aromatic N) is 2. The van der Waals surface area contributed by atoms with Crippen molar-refractivity contribution in [2.24, 2.45) is 56.7 Å². The summed E-state index contributed by atoms with van der Waals surface area (Å²) in [4.78, 5) is 26.2. The number of hydrogen-bond donors (Lipinski definition) is 1. The first kappa shape index (κ1) is 35.9. The van der Waals surface area contributed by atoms with Gasteiger partial charge in [0, 0.05) is 24.9 Å². The lowest BCUT2D eigenvalue weighted by atomic mass is 9.41. The minimum Gasteiger partial charge on any atom is -0.390 e. The van der Waals surface area contributed by atoms with Crippen molar-refractivity contribution in [3.05, 3.63) is 0 Å². The third kappa shape index (κ3) is 5.12. The first-order chi connectivity index (χ1) is 23.5. The van der Waals surface area contributed by atoms with E-state index in [1.807, 2.05) is 4.90 Å². The molecule has 8 fully saturated rings. The number of morpholine rings is 1. The number of aliphatic hydroxyl groups excluding tert-OH is 1. The minimum atomic E-state index is -3.56. The Hall–Kier alpha value is -1.11. The van der Waals surface area contributed by atoms with Crippen molar-refractivity contribution >= 4 is 22.2 Å². The molecule has 6 saturated carbocycles. The number of ether oxygens (including phenoxy) is 3. The van der Waals surface area contributed by atoms with Crippen molar-refractivity contribution in [1.82, 2.24) is 9.21 Å². The number of sulfonamides is 1. The third-order valence-corrected chi connectivity index (χ3v) is 18.1. The van der Waals surface area contributed by atoms with Crippen LogP contribution in [0.15, 0.2) is 0 Å². The highest BCUT2D eigenvalue weighted by Gasteiger charge is 2.84. The van der Waals surface area contributed by atoms with Crippen LogP contribution in [-0.4, -0.2) is 105 Å². The highest BCUT2D eigenvalue weighted by molar-refractivity contribution is 7.88. The molecule has 2 saturated heterocycles. The Bertz CT molecular complexity index is 1490. The average Bonchev–Trinajstić information content (AvgIpc) is 3.97. The van der Waals surface area contributed by atoms with E-state index in [1.165, 1.54) is 30.0 Å². The first-order valence-corrected chi connectivity index (χ1v) is 21.6. The van der Waals surface area contributed by atoms with Gasteiger partial charge >= 0.3 is 0 Å². The summed E-state index contributed by atoms with van der Waals surface area (Å²) in [5.41, 5.74) is 0.0639. The molecule has 2 spiro atoms. The number of aldehydes is 1. The van der Waals surface area contributed by atoms with Crippen LogP contribution >= 0.6 is 0 Å². The van der Waals surface area contributed by atoms with Crippen LogP contribution in [0.25, 0.3) is 0 Å². The van der Waals surface area contributed by atoms with E-state index in [1.54, 1.807) is 0 Å². The molecule has 1 amide bonds. The van der Waals surface area contributed by atoms with Crippen LogP contribution in [0, 0.1) is 56.7 Å². The topological polar surface area (TPSA) is 123 Å². The first-order valence-electron chi connectivity index (χ1n) is 19.8. The fraction of sp³-hybridized carbons (Fsp3) is 0.949. The summed E-state index contributed by atoms with van der Waals surface area (Å²) in [6.45, 7) is 13.6. The highest BCUT2D eigenvalue weighted by Crippen LogP contribution is 2.89. The van der Waals surface area contributed by atoms with E-state index in [-0.39, 0.29) is 82.5 Å². The lowest BCUT2D eigenvalue weighted by Crippen LogP contribution is -2.60. The molecule has 2 heterocycles. The van der Waals surface area contributed by atoms with Crippen LogP contribution in [-0.2, 0) is 33.8 Å². The van der Waals surface area contributed by atoms with Crippen molar-refractivity contribution in [2.75, 3.05) is 39.0 Å².